The van der Waals surface area contributed by atoms with E-state index in [-0.39, 0.29) is 17.9 Å². The fourth-order valence-electron chi connectivity index (χ4n) is 2.28. The topological polar surface area (TPSA) is 123 Å². The van der Waals surface area contributed by atoms with Gasteiger partial charge in [-0.2, -0.15) is 0 Å². The molecule has 3 N–H and O–H groups in total. The van der Waals surface area contributed by atoms with Crippen molar-refractivity contribution in [2.75, 3.05) is 0 Å². The second-order valence-corrected chi connectivity index (χ2v) is 6.02. The van der Waals surface area contributed by atoms with Crippen molar-refractivity contribution in [3.05, 3.63) is 78.1 Å². The highest BCUT2D eigenvalue weighted by atomic mass is 16.5. The van der Waals surface area contributed by atoms with Crippen LogP contribution in [-0.4, -0.2) is 23.8 Å². The van der Waals surface area contributed by atoms with E-state index in [9.17, 15) is 14.4 Å². The van der Waals surface area contributed by atoms with Crippen LogP contribution in [-0.2, 0) is 11.4 Å². The van der Waals surface area contributed by atoms with E-state index in [1.165, 1.54) is 31.6 Å². The van der Waals surface area contributed by atoms with Crippen LogP contribution < -0.4 is 20.9 Å². The minimum absolute atomic E-state index is 0.00653. The van der Waals surface area contributed by atoms with E-state index >= 15 is 0 Å². The smallest absolute Gasteiger partial charge is 0.305 e. The summed E-state index contributed by atoms with van der Waals surface area (Å²) in [6, 6.07) is 12.8. The third kappa shape index (κ3) is 5.48. The molecule has 1 unspecified atom stereocenters. The maximum absolute atomic E-state index is 12.1. The molecule has 0 aliphatic heterocycles. The first-order chi connectivity index (χ1) is 14.0. The summed E-state index contributed by atoms with van der Waals surface area (Å²) >= 11 is 0. The van der Waals surface area contributed by atoms with E-state index in [1.807, 2.05) is 18.2 Å². The molecule has 1 atom stereocenters. The van der Waals surface area contributed by atoms with Gasteiger partial charge in [0.1, 0.15) is 30.4 Å². The van der Waals surface area contributed by atoms with E-state index in [2.05, 4.69) is 16.2 Å². The number of benzene rings is 1. The van der Waals surface area contributed by atoms with Gasteiger partial charge in [0, 0.05) is 0 Å². The Kier molecular flexibility index (Phi) is 6.31. The van der Waals surface area contributed by atoms with Crippen LogP contribution in [0, 0.1) is 0 Å². The van der Waals surface area contributed by atoms with Gasteiger partial charge < -0.3 is 18.9 Å². The van der Waals surface area contributed by atoms with Crippen molar-refractivity contribution in [2.45, 2.75) is 19.6 Å². The molecule has 9 nitrogen and oxygen atoms in total. The van der Waals surface area contributed by atoms with Crippen molar-refractivity contribution in [1.29, 1.82) is 0 Å². The molecule has 2 aromatic heterocycles. The lowest BCUT2D eigenvalue weighted by molar-refractivity contribution is -0.123. The molecule has 1 aromatic carbocycles. The molecule has 0 spiro atoms. The highest BCUT2D eigenvalue weighted by Gasteiger charge is 2.19. The van der Waals surface area contributed by atoms with E-state index in [4.69, 9.17) is 13.6 Å². The maximum atomic E-state index is 12.1. The summed E-state index contributed by atoms with van der Waals surface area (Å²) in [4.78, 5) is 36.0. The third-order valence-electron chi connectivity index (χ3n) is 3.83. The standard InChI is InChI=1S/C20H19N3O6/c1-13(21-19(25)14-9-10-27-11-14)18(24)22-23-20(26)17-8-7-16(29-17)12-28-15-5-3-2-4-6-15/h2-11,13H,12H2,1H3,(H,21,25)(H,22,24)(H,23,26). The fraction of sp³-hybridized carbons (Fsp3) is 0.150. The zero-order valence-electron chi connectivity index (χ0n) is 15.5. The Hall–Kier alpha value is -4.01. The number of amides is 3. The van der Waals surface area contributed by atoms with Crippen molar-refractivity contribution < 1.29 is 28.0 Å². The quantitative estimate of drug-likeness (QED) is 0.524. The van der Waals surface area contributed by atoms with Crippen molar-refractivity contribution in [3.63, 3.8) is 0 Å². The first-order valence-electron chi connectivity index (χ1n) is 8.73. The molecule has 0 fully saturated rings. The number of furan rings is 2. The molecule has 3 amide bonds. The summed E-state index contributed by atoms with van der Waals surface area (Å²) in [7, 11) is 0. The number of nitrogens with one attached hydrogen (secondary N) is 3. The SMILES string of the molecule is CC(NC(=O)c1ccoc1)C(=O)NNC(=O)c1ccc(COc2ccccc2)o1. The molecule has 0 radical (unpaired) electrons. The van der Waals surface area contributed by atoms with Crippen LogP contribution in [0.25, 0.3) is 0 Å². The number of rotatable bonds is 7. The van der Waals surface area contributed by atoms with Crippen LogP contribution in [0.3, 0.4) is 0 Å². The fourth-order valence-corrected chi connectivity index (χ4v) is 2.28. The molecule has 3 aromatic rings. The lowest BCUT2D eigenvalue weighted by atomic mass is 10.2. The van der Waals surface area contributed by atoms with Crippen molar-refractivity contribution >= 4 is 17.7 Å². The van der Waals surface area contributed by atoms with Gasteiger partial charge in [0.25, 0.3) is 11.8 Å². The molecule has 0 aliphatic carbocycles. The van der Waals surface area contributed by atoms with Gasteiger partial charge in [-0.15, -0.1) is 0 Å². The molecule has 0 aliphatic rings. The molecule has 150 valence electrons. The summed E-state index contributed by atoms with van der Waals surface area (Å²) in [6.07, 6.45) is 2.61. The van der Waals surface area contributed by atoms with Crippen molar-refractivity contribution in [1.82, 2.24) is 16.2 Å². The molecule has 29 heavy (non-hydrogen) atoms. The van der Waals surface area contributed by atoms with E-state index in [1.54, 1.807) is 18.2 Å². The summed E-state index contributed by atoms with van der Waals surface area (Å²) in [5, 5.41) is 2.48. The Morgan fingerprint density at radius 2 is 1.79 bits per heavy atom. The van der Waals surface area contributed by atoms with Crippen LogP contribution in [0.5, 0.6) is 5.75 Å². The number of hydrogen-bond donors (Lipinski definition) is 3. The zero-order valence-corrected chi connectivity index (χ0v) is 15.5. The number of para-hydroxylation sites is 1. The van der Waals surface area contributed by atoms with Gasteiger partial charge in [-0.1, -0.05) is 18.2 Å². The Morgan fingerprint density at radius 3 is 2.52 bits per heavy atom. The first-order valence-corrected chi connectivity index (χ1v) is 8.73. The summed E-state index contributed by atoms with van der Waals surface area (Å²) < 4.78 is 15.8. The predicted molar refractivity (Wildman–Crippen MR) is 101 cm³/mol. The first kappa shape index (κ1) is 19.7. The van der Waals surface area contributed by atoms with Crippen LogP contribution in [0.1, 0.15) is 33.6 Å². The Bertz CT molecular complexity index is 965. The van der Waals surface area contributed by atoms with Gasteiger partial charge in [0.15, 0.2) is 5.76 Å². The Balaban J connectivity index is 1.44. The second kappa shape index (κ2) is 9.27. The zero-order chi connectivity index (χ0) is 20.6. The van der Waals surface area contributed by atoms with Crippen LogP contribution in [0.2, 0.25) is 0 Å². The van der Waals surface area contributed by atoms with Gasteiger partial charge in [0.2, 0.25) is 0 Å². The average Bonchev–Trinajstić information content (AvgIpc) is 3.43. The molecule has 0 bridgehead atoms. The lowest BCUT2D eigenvalue weighted by Gasteiger charge is -2.13. The van der Waals surface area contributed by atoms with E-state index < -0.39 is 23.8 Å². The average molecular weight is 397 g/mol. The molecule has 0 saturated carbocycles. The molecular formula is C20H19N3O6. The minimum Gasteiger partial charge on any atom is -0.486 e. The van der Waals surface area contributed by atoms with Crippen molar-refractivity contribution in [2.24, 2.45) is 0 Å². The maximum Gasteiger partial charge on any atom is 0.305 e. The highest BCUT2D eigenvalue weighted by molar-refractivity contribution is 5.98. The number of carbonyl (C=O) groups is 3. The Morgan fingerprint density at radius 1 is 1.00 bits per heavy atom. The van der Waals surface area contributed by atoms with Crippen LogP contribution in [0.15, 0.2) is 69.9 Å². The second-order valence-electron chi connectivity index (χ2n) is 6.02. The molecule has 9 heteroatoms. The number of hydrazine groups is 1. The minimum atomic E-state index is -0.885. The normalized spacial score (nSPS) is 11.3. The highest BCUT2D eigenvalue weighted by Crippen LogP contribution is 2.13. The van der Waals surface area contributed by atoms with Gasteiger partial charge in [-0.3, -0.25) is 25.2 Å². The number of carbonyl (C=O) groups excluding carboxylic acids is 3. The number of hydrogen-bond acceptors (Lipinski definition) is 6. The number of ether oxygens (including phenoxy) is 1. The van der Waals surface area contributed by atoms with Gasteiger partial charge in [0.05, 0.1) is 11.8 Å². The molecule has 0 saturated heterocycles. The van der Waals surface area contributed by atoms with Crippen LogP contribution >= 0.6 is 0 Å². The van der Waals surface area contributed by atoms with E-state index in [0.29, 0.717) is 11.5 Å². The Labute approximate surface area is 166 Å². The summed E-state index contributed by atoms with van der Waals surface area (Å²) in [6.45, 7) is 1.63. The molecule has 3 rings (SSSR count). The monoisotopic (exact) mass is 397 g/mol. The lowest BCUT2D eigenvalue weighted by Crippen LogP contribution is -2.51. The van der Waals surface area contributed by atoms with Gasteiger partial charge >= 0.3 is 5.91 Å². The molecular weight excluding hydrogens is 378 g/mol. The van der Waals surface area contributed by atoms with Gasteiger partial charge in [-0.25, -0.2) is 0 Å². The summed E-state index contributed by atoms with van der Waals surface area (Å²) in [5.74, 6) is -0.583. The predicted octanol–water partition coefficient (Wildman–Crippen LogP) is 2.03. The van der Waals surface area contributed by atoms with Crippen LogP contribution in [0.4, 0.5) is 0 Å². The third-order valence-corrected chi connectivity index (χ3v) is 3.83. The van der Waals surface area contributed by atoms with E-state index in [0.717, 1.165) is 0 Å². The summed E-state index contributed by atoms with van der Waals surface area (Å²) in [5.41, 5.74) is 4.75. The van der Waals surface area contributed by atoms with Gasteiger partial charge in [-0.05, 0) is 37.3 Å². The van der Waals surface area contributed by atoms with Crippen molar-refractivity contribution in [3.8, 4) is 5.75 Å². The largest absolute Gasteiger partial charge is 0.486 e. The molecule has 2 heterocycles.